The number of carbonyl (C=O) groups is 7. The zero-order valence-corrected chi connectivity index (χ0v) is 44.2. The number of primary amides is 1. The number of carbonyl (C=O) groups excluding carboxylic acids is 7. The van der Waals surface area contributed by atoms with Gasteiger partial charge < -0.3 is 86.5 Å². The number of hydrogen-bond donors (Lipinski definition) is 10. The predicted octanol–water partition coefficient (Wildman–Crippen LogP) is -0.636. The van der Waals surface area contributed by atoms with E-state index in [9.17, 15) is 48.9 Å². The fraction of sp³-hybridized carbons (Fsp3) is 0.537. The number of hydrogen-bond acceptors (Lipinski definition) is 18. The first kappa shape index (κ1) is 62.4. The van der Waals surface area contributed by atoms with E-state index in [0.29, 0.717) is 19.4 Å². The molecule has 3 aromatic rings. The third-order valence-electron chi connectivity index (χ3n) is 12.8. The number of aliphatic hydroxyl groups is 3. The van der Waals surface area contributed by atoms with Crippen LogP contribution in [-0.4, -0.2) is 162 Å². The molecule has 1 unspecified atom stereocenters. The lowest BCUT2D eigenvalue weighted by Gasteiger charge is -2.49. The van der Waals surface area contributed by atoms with Gasteiger partial charge in [-0.2, -0.15) is 0 Å². The monoisotopic (exact) mass is 1090 g/mol. The molecule has 2 heterocycles. The van der Waals surface area contributed by atoms with Crippen LogP contribution < -0.4 is 38.1 Å². The quantitative estimate of drug-likeness (QED) is 0.0293. The molecule has 0 aromatic heterocycles. The van der Waals surface area contributed by atoms with E-state index in [4.69, 9.17) is 44.6 Å². The first-order chi connectivity index (χ1) is 37.4. The molecule has 24 heteroatoms. The van der Waals surface area contributed by atoms with Crippen molar-refractivity contribution in [3.63, 3.8) is 0 Å². The lowest BCUT2D eigenvalue weighted by molar-refractivity contribution is -0.337. The molecule has 2 aliphatic rings. The first-order valence-corrected chi connectivity index (χ1v) is 25.9. The van der Waals surface area contributed by atoms with Crippen LogP contribution in [0.1, 0.15) is 76.5 Å². The van der Waals surface area contributed by atoms with E-state index in [-0.39, 0.29) is 45.7 Å². The van der Waals surface area contributed by atoms with E-state index in [0.717, 1.165) is 16.7 Å². The Hall–Kier alpha value is -6.45. The molecule has 5 rings (SSSR count). The Morgan fingerprint density at radius 1 is 0.667 bits per heavy atom. The minimum atomic E-state index is -1.81. The maximum atomic E-state index is 14.0. The van der Waals surface area contributed by atoms with Gasteiger partial charge in [0, 0.05) is 20.3 Å². The van der Waals surface area contributed by atoms with Gasteiger partial charge in [-0.15, -0.1) is 0 Å². The van der Waals surface area contributed by atoms with Gasteiger partial charge in [0.05, 0.1) is 26.4 Å². The van der Waals surface area contributed by atoms with Crippen molar-refractivity contribution in [1.29, 1.82) is 0 Å². The van der Waals surface area contributed by atoms with Gasteiger partial charge >= 0.3 is 5.97 Å². The van der Waals surface area contributed by atoms with Crippen molar-refractivity contribution in [1.82, 2.24) is 26.6 Å². The van der Waals surface area contributed by atoms with E-state index in [1.165, 1.54) is 27.7 Å². The Morgan fingerprint density at radius 3 is 1.83 bits per heavy atom. The van der Waals surface area contributed by atoms with Gasteiger partial charge in [0.15, 0.2) is 12.6 Å². The Bertz CT molecular complexity index is 2380. The van der Waals surface area contributed by atoms with Gasteiger partial charge in [-0.05, 0) is 62.8 Å². The van der Waals surface area contributed by atoms with Gasteiger partial charge in [-0.1, -0.05) is 91.0 Å². The number of aliphatic hydroxyl groups excluding tert-OH is 3. The van der Waals surface area contributed by atoms with Crippen molar-refractivity contribution >= 4 is 41.4 Å². The molecule has 6 amide bonds. The minimum absolute atomic E-state index is 0.0159. The molecule has 0 aliphatic carbocycles. The topological polar surface area (TPSA) is 357 Å². The van der Waals surface area contributed by atoms with E-state index < -0.39 is 134 Å². The summed E-state index contributed by atoms with van der Waals surface area (Å²) in [5, 5.41) is 46.3. The summed E-state index contributed by atoms with van der Waals surface area (Å²) >= 11 is 0. The van der Waals surface area contributed by atoms with Crippen LogP contribution in [0.25, 0.3) is 0 Å². The van der Waals surface area contributed by atoms with Crippen molar-refractivity contribution < 1.29 is 82.0 Å². The number of rotatable bonds is 30. The molecule has 78 heavy (non-hydrogen) atoms. The molecule has 2 aliphatic heterocycles. The summed E-state index contributed by atoms with van der Waals surface area (Å²) in [6, 6.07) is 20.5. The summed E-state index contributed by atoms with van der Waals surface area (Å²) in [7, 11) is 0. The molecule has 2 fully saturated rings. The fourth-order valence-corrected chi connectivity index (χ4v) is 8.72. The molecule has 0 saturated carbocycles. The molecular weight excluding hydrogens is 1020 g/mol. The molecule has 2 saturated heterocycles. The molecular formula is C54H75N7O17. The zero-order valence-electron chi connectivity index (χ0n) is 44.2. The second-order valence-corrected chi connectivity index (χ2v) is 19.1. The second kappa shape index (κ2) is 31.8. The Morgan fingerprint density at radius 2 is 1.26 bits per heavy atom. The standard InChI is InChI=1S/C54H75N7O17/c1-31(50(68)61-38(49(56)67)23-24-42(65)60-39(22-14-15-25-55)52(70)74-29-37-20-12-7-13-21-37)57-51(69)32(2)75-48-43(58-33(3)63)53(71)76-41(30-72-27-35-16-8-5-9-17-35)46(48)78-54-44(59-34(4)64)47(45(66)40(26-62)77-54)73-28-36-18-10-6-11-19-36/h5-13,16-21,31-32,38-41,43-48,53-54,62,66,71H,14-15,22-30,55H2,1-4H3,(H2,56,67)(H,57,69)(H,58,63)(H,59,64)(H,60,65)(H,61,68)/t31-,32+,38+,39-,40+,41+,43+,44+,45+,46+,47+,48+,53?,54-/m0/s1. The lowest BCUT2D eigenvalue weighted by Crippen LogP contribution is -2.70. The van der Waals surface area contributed by atoms with Crippen LogP contribution in [0.3, 0.4) is 0 Å². The SMILES string of the molecule is CC(=O)N[C@H]1[C@H](O[C@H]2[C@H](O[C@H](C)C(=O)N[C@@H](C)C(=O)N[C@H](CCC(=O)N[C@@H](CCCCN)C(=O)OCc3ccccc3)C(N)=O)[C@@H](NC(C)=O)C(O)O[C@@H]2COCc2ccccc2)O[C@H](CO)[C@@H](O)[C@@H]1OCc1ccccc1. The van der Waals surface area contributed by atoms with Gasteiger partial charge in [-0.25, -0.2) is 4.79 Å². The first-order valence-electron chi connectivity index (χ1n) is 25.9. The smallest absolute Gasteiger partial charge is 0.328 e. The molecule has 0 spiro atoms. The molecule has 24 nitrogen and oxygen atoms in total. The number of esters is 1. The summed E-state index contributed by atoms with van der Waals surface area (Å²) in [6.45, 7) is 4.39. The number of nitrogens with one attached hydrogen (secondary N) is 5. The third kappa shape index (κ3) is 19.5. The van der Waals surface area contributed by atoms with Crippen molar-refractivity contribution in [2.45, 2.75) is 165 Å². The average Bonchev–Trinajstić information content (AvgIpc) is 3.46. The van der Waals surface area contributed by atoms with Gasteiger partial charge in [0.2, 0.25) is 35.4 Å². The second-order valence-electron chi connectivity index (χ2n) is 19.1. The Labute approximate surface area is 452 Å². The highest BCUT2D eigenvalue weighted by Crippen LogP contribution is 2.33. The molecule has 0 bridgehead atoms. The fourth-order valence-electron chi connectivity index (χ4n) is 8.72. The van der Waals surface area contributed by atoms with Gasteiger partial charge in [0.1, 0.15) is 79.5 Å². The maximum Gasteiger partial charge on any atom is 0.328 e. The number of unbranched alkanes of at least 4 members (excludes halogenated alkanes) is 1. The summed E-state index contributed by atoms with van der Waals surface area (Å²) in [5.74, 6) is -5.26. The summed E-state index contributed by atoms with van der Waals surface area (Å²) in [5.41, 5.74) is 13.5. The minimum Gasteiger partial charge on any atom is -0.459 e. The number of benzene rings is 3. The molecule has 12 N–H and O–H groups in total. The van der Waals surface area contributed by atoms with Crippen LogP contribution in [-0.2, 0) is 86.5 Å². The summed E-state index contributed by atoms with van der Waals surface area (Å²) < 4.78 is 42.9. The molecule has 0 radical (unpaired) electrons. The van der Waals surface area contributed by atoms with Crippen LogP contribution in [0.5, 0.6) is 0 Å². The van der Waals surface area contributed by atoms with Gasteiger partial charge in [-0.3, -0.25) is 28.8 Å². The predicted molar refractivity (Wildman–Crippen MR) is 277 cm³/mol. The molecule has 3 aromatic carbocycles. The molecule has 14 atom stereocenters. The third-order valence-corrected chi connectivity index (χ3v) is 12.8. The highest BCUT2D eigenvalue weighted by Gasteiger charge is 2.53. The van der Waals surface area contributed by atoms with Crippen molar-refractivity contribution in [2.24, 2.45) is 11.5 Å². The largest absolute Gasteiger partial charge is 0.459 e. The van der Waals surface area contributed by atoms with Crippen LogP contribution in [0, 0.1) is 0 Å². The normalized spacial score (nSPS) is 24.5. The van der Waals surface area contributed by atoms with Crippen LogP contribution >= 0.6 is 0 Å². The number of ether oxygens (including phenoxy) is 7. The number of amides is 6. The summed E-state index contributed by atoms with van der Waals surface area (Å²) in [6.07, 6.45) is -12.5. The van der Waals surface area contributed by atoms with Crippen molar-refractivity contribution in [3.8, 4) is 0 Å². The maximum absolute atomic E-state index is 14.0. The van der Waals surface area contributed by atoms with E-state index in [2.05, 4.69) is 26.6 Å². The number of nitrogens with two attached hydrogens (primary N) is 2. The van der Waals surface area contributed by atoms with Crippen LogP contribution in [0.15, 0.2) is 91.0 Å². The van der Waals surface area contributed by atoms with Crippen LogP contribution in [0.2, 0.25) is 0 Å². The molecule has 428 valence electrons. The summed E-state index contributed by atoms with van der Waals surface area (Å²) in [4.78, 5) is 91.9. The average molecular weight is 1090 g/mol. The Kier molecular flexibility index (Phi) is 25.5. The van der Waals surface area contributed by atoms with E-state index >= 15 is 0 Å². The lowest BCUT2D eigenvalue weighted by atomic mass is 9.94. The van der Waals surface area contributed by atoms with E-state index in [1.807, 2.05) is 42.5 Å². The zero-order chi connectivity index (χ0) is 56.7. The van der Waals surface area contributed by atoms with Gasteiger partial charge in [0.25, 0.3) is 0 Å². The highest BCUT2D eigenvalue weighted by atomic mass is 16.7. The Balaban J connectivity index is 1.32. The van der Waals surface area contributed by atoms with E-state index in [1.54, 1.807) is 48.5 Å². The van der Waals surface area contributed by atoms with Crippen molar-refractivity contribution in [3.05, 3.63) is 108 Å². The van der Waals surface area contributed by atoms with Crippen molar-refractivity contribution in [2.75, 3.05) is 19.8 Å². The highest BCUT2D eigenvalue weighted by molar-refractivity contribution is 5.92. The van der Waals surface area contributed by atoms with Crippen LogP contribution in [0.4, 0.5) is 0 Å².